The van der Waals surface area contributed by atoms with Gasteiger partial charge in [-0.2, -0.15) is 0 Å². The Morgan fingerprint density at radius 1 is 1.29 bits per heavy atom. The van der Waals surface area contributed by atoms with Gasteiger partial charge in [0.2, 0.25) is 0 Å². The van der Waals surface area contributed by atoms with Gasteiger partial charge in [0.1, 0.15) is 12.1 Å². The first kappa shape index (κ1) is 11.2. The molecule has 94 valence electrons. The van der Waals surface area contributed by atoms with Crippen molar-refractivity contribution in [2.24, 2.45) is 17.6 Å². The van der Waals surface area contributed by atoms with E-state index in [1.165, 1.54) is 31.9 Å². The molecule has 3 unspecified atom stereocenters. The molecule has 0 aromatic carbocycles. The van der Waals surface area contributed by atoms with Crippen LogP contribution in [-0.4, -0.2) is 12.3 Å². The highest BCUT2D eigenvalue weighted by atomic mass is 19.1. The van der Waals surface area contributed by atoms with Gasteiger partial charge < -0.3 is 5.32 Å². The lowest BCUT2D eigenvalue weighted by molar-refractivity contribution is 0.291. The van der Waals surface area contributed by atoms with Crippen molar-refractivity contribution in [3.05, 3.63) is 23.7 Å². The Balaban J connectivity index is 1.76. The van der Waals surface area contributed by atoms with Gasteiger partial charge in [-0.05, 0) is 43.9 Å². The summed E-state index contributed by atoms with van der Waals surface area (Å²) in [6, 6.07) is -0.236. The molecule has 1 aliphatic heterocycles. The minimum absolute atomic E-state index is 0.120. The molecule has 4 N–H and O–H groups in total. The normalized spacial score (nSPS) is 38.1. The van der Waals surface area contributed by atoms with Gasteiger partial charge in [0, 0.05) is 6.20 Å². The molecule has 0 aromatic rings. The Hall–Kier alpha value is -0.870. The van der Waals surface area contributed by atoms with Crippen LogP contribution in [0.4, 0.5) is 4.39 Å². The molecule has 1 heterocycles. The summed E-state index contributed by atoms with van der Waals surface area (Å²) < 4.78 is 13.8. The fraction of sp³-hybridized carbons (Fsp3) is 0.692. The van der Waals surface area contributed by atoms with Crippen LogP contribution in [0.5, 0.6) is 0 Å². The second kappa shape index (κ2) is 4.42. The van der Waals surface area contributed by atoms with Gasteiger partial charge in [-0.3, -0.25) is 11.1 Å². The van der Waals surface area contributed by atoms with Gasteiger partial charge >= 0.3 is 0 Å². The Kier molecular flexibility index (Phi) is 2.92. The molecule has 0 radical (unpaired) electrons. The Morgan fingerprint density at radius 3 is 2.88 bits per heavy atom. The topological polar surface area (TPSA) is 50.1 Å². The summed E-state index contributed by atoms with van der Waals surface area (Å²) >= 11 is 0. The predicted molar refractivity (Wildman–Crippen MR) is 65.4 cm³/mol. The fourth-order valence-electron chi connectivity index (χ4n) is 2.95. The molecular formula is C13H20FN3. The summed E-state index contributed by atoms with van der Waals surface area (Å²) in [6.45, 7) is 0. The van der Waals surface area contributed by atoms with Crippen molar-refractivity contribution in [2.75, 3.05) is 0 Å². The summed E-state index contributed by atoms with van der Waals surface area (Å²) in [5, 5.41) is 5.85. The molecule has 0 aromatic heterocycles. The smallest absolute Gasteiger partial charge is 0.133 e. The van der Waals surface area contributed by atoms with Gasteiger partial charge in [-0.15, -0.1) is 0 Å². The third kappa shape index (κ3) is 2.38. The molecule has 3 atom stereocenters. The van der Waals surface area contributed by atoms with Crippen LogP contribution in [0.3, 0.4) is 0 Å². The lowest BCUT2D eigenvalue weighted by Gasteiger charge is -2.33. The summed E-state index contributed by atoms with van der Waals surface area (Å²) in [5.41, 5.74) is 7.30. The van der Waals surface area contributed by atoms with Crippen molar-refractivity contribution in [3.8, 4) is 0 Å². The Labute approximate surface area is 101 Å². The zero-order valence-electron chi connectivity index (χ0n) is 9.95. The average molecular weight is 237 g/mol. The molecule has 1 saturated carbocycles. The van der Waals surface area contributed by atoms with Crippen LogP contribution < -0.4 is 16.4 Å². The van der Waals surface area contributed by atoms with Crippen LogP contribution in [-0.2, 0) is 0 Å². The van der Waals surface area contributed by atoms with Crippen molar-refractivity contribution in [1.29, 1.82) is 0 Å². The van der Waals surface area contributed by atoms with E-state index in [0.29, 0.717) is 0 Å². The highest BCUT2D eigenvalue weighted by Crippen LogP contribution is 2.42. The van der Waals surface area contributed by atoms with E-state index in [1.807, 2.05) is 0 Å². The molecule has 0 amide bonds. The van der Waals surface area contributed by atoms with Gasteiger partial charge in [0.15, 0.2) is 0 Å². The molecule has 1 fully saturated rings. The predicted octanol–water partition coefficient (Wildman–Crippen LogP) is 1.74. The molecule has 0 spiro atoms. The SMILES string of the molecule is NC1NC=C(F)C(C2C=C(C3CC3)CCC2)N1. The van der Waals surface area contributed by atoms with Crippen molar-refractivity contribution in [3.63, 3.8) is 0 Å². The standard InChI is InChI=1S/C13H20FN3/c14-11-7-16-13(15)17-12(11)10-3-1-2-9(6-10)8-4-5-8/h6-8,10,12-13,16-17H,1-5,15H2. The minimum atomic E-state index is -0.334. The maximum atomic E-state index is 13.8. The van der Waals surface area contributed by atoms with Crippen LogP contribution in [0.1, 0.15) is 32.1 Å². The van der Waals surface area contributed by atoms with E-state index in [1.54, 1.807) is 5.57 Å². The number of nitrogens with two attached hydrogens (primary N) is 1. The van der Waals surface area contributed by atoms with E-state index in [2.05, 4.69) is 16.7 Å². The average Bonchev–Trinajstić information content (AvgIpc) is 3.17. The maximum Gasteiger partial charge on any atom is 0.133 e. The largest absolute Gasteiger partial charge is 0.362 e. The number of hydrogen-bond acceptors (Lipinski definition) is 3. The summed E-state index contributed by atoms with van der Waals surface area (Å²) in [5.74, 6) is 0.953. The fourth-order valence-corrected chi connectivity index (χ4v) is 2.95. The lowest BCUT2D eigenvalue weighted by Crippen LogP contribution is -2.57. The first-order valence-corrected chi connectivity index (χ1v) is 6.58. The number of halogens is 1. The van der Waals surface area contributed by atoms with Gasteiger partial charge in [0.05, 0.1) is 6.04 Å². The van der Waals surface area contributed by atoms with Gasteiger partial charge in [-0.25, -0.2) is 4.39 Å². The van der Waals surface area contributed by atoms with E-state index in [0.717, 1.165) is 12.3 Å². The van der Waals surface area contributed by atoms with Crippen molar-refractivity contribution in [1.82, 2.24) is 10.6 Å². The van der Waals surface area contributed by atoms with Crippen LogP contribution in [0.2, 0.25) is 0 Å². The van der Waals surface area contributed by atoms with E-state index in [9.17, 15) is 4.39 Å². The van der Waals surface area contributed by atoms with Crippen LogP contribution >= 0.6 is 0 Å². The Bertz CT molecular complexity index is 360. The molecular weight excluding hydrogens is 217 g/mol. The maximum absolute atomic E-state index is 13.8. The molecule has 17 heavy (non-hydrogen) atoms. The van der Waals surface area contributed by atoms with E-state index >= 15 is 0 Å². The quantitative estimate of drug-likeness (QED) is 0.641. The highest BCUT2D eigenvalue weighted by molar-refractivity contribution is 5.21. The van der Waals surface area contributed by atoms with E-state index in [-0.39, 0.29) is 24.1 Å². The minimum Gasteiger partial charge on any atom is -0.362 e. The lowest BCUT2D eigenvalue weighted by atomic mass is 9.83. The third-order valence-corrected chi connectivity index (χ3v) is 4.02. The first-order chi connectivity index (χ1) is 8.24. The van der Waals surface area contributed by atoms with Crippen LogP contribution in [0.15, 0.2) is 23.7 Å². The summed E-state index contributed by atoms with van der Waals surface area (Å²) in [4.78, 5) is 0. The van der Waals surface area contributed by atoms with Crippen molar-refractivity contribution in [2.45, 2.75) is 44.4 Å². The summed E-state index contributed by atoms with van der Waals surface area (Å²) in [7, 11) is 0. The number of hydrogen-bond donors (Lipinski definition) is 3. The van der Waals surface area contributed by atoms with Gasteiger partial charge in [-0.1, -0.05) is 11.6 Å². The second-order valence-electron chi connectivity index (χ2n) is 5.39. The monoisotopic (exact) mass is 237 g/mol. The molecule has 4 heteroatoms. The zero-order chi connectivity index (χ0) is 11.8. The molecule has 3 nitrogen and oxygen atoms in total. The Morgan fingerprint density at radius 2 is 2.12 bits per heavy atom. The van der Waals surface area contributed by atoms with Crippen molar-refractivity contribution < 1.29 is 4.39 Å². The molecule has 2 aliphatic carbocycles. The molecule has 0 bridgehead atoms. The third-order valence-electron chi connectivity index (χ3n) is 4.02. The highest BCUT2D eigenvalue weighted by Gasteiger charge is 2.33. The molecule has 3 rings (SSSR count). The number of rotatable bonds is 2. The number of nitrogens with one attached hydrogen (secondary N) is 2. The van der Waals surface area contributed by atoms with Crippen LogP contribution in [0.25, 0.3) is 0 Å². The van der Waals surface area contributed by atoms with Crippen molar-refractivity contribution >= 4 is 0 Å². The second-order valence-corrected chi connectivity index (χ2v) is 5.39. The van der Waals surface area contributed by atoms with E-state index < -0.39 is 0 Å². The van der Waals surface area contributed by atoms with Crippen LogP contribution in [0, 0.1) is 11.8 Å². The molecule has 3 aliphatic rings. The first-order valence-electron chi connectivity index (χ1n) is 6.58. The van der Waals surface area contributed by atoms with E-state index in [4.69, 9.17) is 5.73 Å². The zero-order valence-corrected chi connectivity index (χ0v) is 9.95. The summed E-state index contributed by atoms with van der Waals surface area (Å²) in [6.07, 6.45) is 9.49. The number of allylic oxidation sites excluding steroid dienone is 1. The van der Waals surface area contributed by atoms with Gasteiger partial charge in [0.25, 0.3) is 0 Å². The molecule has 0 saturated heterocycles.